The molecule has 0 saturated heterocycles. The minimum absolute atomic E-state index is 0.162. The number of rotatable bonds is 2. The summed E-state index contributed by atoms with van der Waals surface area (Å²) in [4.78, 5) is 10.7. The van der Waals surface area contributed by atoms with Crippen LogP contribution in [0.4, 0.5) is 13.2 Å². The fourth-order valence-electron chi connectivity index (χ4n) is 2.71. The van der Waals surface area contributed by atoms with Crippen LogP contribution >= 0.6 is 23.1 Å². The maximum absolute atomic E-state index is 12.8. The molecule has 0 radical (unpaired) electrons. The first-order valence-electron chi connectivity index (χ1n) is 6.85. The predicted molar refractivity (Wildman–Crippen MR) is 79.6 cm³/mol. The van der Waals surface area contributed by atoms with Crippen LogP contribution in [0.15, 0.2) is 16.5 Å². The van der Waals surface area contributed by atoms with Gasteiger partial charge in [-0.15, -0.1) is 21.5 Å². The smallest absolute Gasteiger partial charge is 0.301 e. The summed E-state index contributed by atoms with van der Waals surface area (Å²) < 4.78 is 39.4. The third kappa shape index (κ3) is 2.40. The molecule has 3 aromatic heterocycles. The van der Waals surface area contributed by atoms with Gasteiger partial charge in [-0.2, -0.15) is 13.2 Å². The number of thiophene rings is 1. The van der Waals surface area contributed by atoms with E-state index in [0.29, 0.717) is 5.03 Å². The van der Waals surface area contributed by atoms with Crippen molar-refractivity contribution in [3.05, 3.63) is 22.6 Å². The zero-order valence-corrected chi connectivity index (χ0v) is 13.5. The van der Waals surface area contributed by atoms with E-state index in [0.717, 1.165) is 45.8 Å². The number of alkyl halides is 3. The van der Waals surface area contributed by atoms with Crippen molar-refractivity contribution in [3.8, 4) is 0 Å². The summed E-state index contributed by atoms with van der Waals surface area (Å²) in [5, 5.41) is 8.66. The topological polar surface area (TPSA) is 56.5 Å². The molecular formula is C13H10F3N5S2. The van der Waals surface area contributed by atoms with E-state index in [4.69, 9.17) is 0 Å². The van der Waals surface area contributed by atoms with Crippen molar-refractivity contribution in [1.29, 1.82) is 0 Å². The molecule has 10 heteroatoms. The second-order valence-corrected chi connectivity index (χ2v) is 7.22. The summed E-state index contributed by atoms with van der Waals surface area (Å²) in [5.41, 5.74) is 1.23. The van der Waals surface area contributed by atoms with Gasteiger partial charge >= 0.3 is 6.18 Å². The first-order chi connectivity index (χ1) is 10.9. The Hall–Kier alpha value is -1.68. The lowest BCUT2D eigenvalue weighted by Crippen LogP contribution is -2.12. The van der Waals surface area contributed by atoms with Crippen molar-refractivity contribution >= 4 is 33.3 Å². The lowest BCUT2D eigenvalue weighted by Gasteiger charge is -2.06. The fourth-order valence-corrected chi connectivity index (χ4v) is 4.91. The van der Waals surface area contributed by atoms with Gasteiger partial charge in [0.15, 0.2) is 5.16 Å². The van der Waals surface area contributed by atoms with Crippen molar-refractivity contribution in [2.75, 3.05) is 0 Å². The maximum Gasteiger partial charge on any atom is 0.451 e. The van der Waals surface area contributed by atoms with Gasteiger partial charge in [0.2, 0.25) is 5.82 Å². The van der Waals surface area contributed by atoms with Crippen molar-refractivity contribution < 1.29 is 13.2 Å². The molecule has 0 amide bonds. The van der Waals surface area contributed by atoms with E-state index < -0.39 is 12.0 Å². The molecular weight excluding hydrogens is 347 g/mol. The molecule has 0 N–H and O–H groups in total. The molecule has 0 unspecified atom stereocenters. The van der Waals surface area contributed by atoms with Gasteiger partial charge in [-0.3, -0.25) is 0 Å². The lowest BCUT2D eigenvalue weighted by atomic mass is 10.2. The Bertz CT molecular complexity index is 899. The Morgan fingerprint density at radius 3 is 2.78 bits per heavy atom. The second kappa shape index (κ2) is 5.17. The molecule has 0 aliphatic heterocycles. The van der Waals surface area contributed by atoms with Gasteiger partial charge in [-0.25, -0.2) is 9.97 Å². The first kappa shape index (κ1) is 14.9. The Labute approximate surface area is 137 Å². The van der Waals surface area contributed by atoms with E-state index in [-0.39, 0.29) is 5.16 Å². The average Bonchev–Trinajstić information content (AvgIpc) is 3.13. The zero-order valence-electron chi connectivity index (χ0n) is 11.9. The van der Waals surface area contributed by atoms with Gasteiger partial charge in [0.05, 0.1) is 0 Å². The van der Waals surface area contributed by atoms with E-state index in [1.54, 1.807) is 11.3 Å². The van der Waals surface area contributed by atoms with E-state index >= 15 is 0 Å². The zero-order chi connectivity index (χ0) is 16.2. The van der Waals surface area contributed by atoms with Crippen LogP contribution in [0, 0.1) is 0 Å². The molecule has 4 rings (SSSR count). The number of fused-ring (bicyclic) bond motifs is 3. The average molecular weight is 357 g/mol. The predicted octanol–water partition coefficient (Wildman–Crippen LogP) is 3.48. The molecule has 0 spiro atoms. The highest BCUT2D eigenvalue weighted by atomic mass is 32.2. The minimum Gasteiger partial charge on any atom is -0.301 e. The normalized spacial score (nSPS) is 14.6. The highest BCUT2D eigenvalue weighted by Crippen LogP contribution is 2.41. The van der Waals surface area contributed by atoms with Crippen LogP contribution in [0.2, 0.25) is 0 Å². The van der Waals surface area contributed by atoms with Crippen LogP contribution < -0.4 is 0 Å². The summed E-state index contributed by atoms with van der Waals surface area (Å²) in [6.45, 7) is 0. The molecule has 0 atom stereocenters. The quantitative estimate of drug-likeness (QED) is 0.657. The number of hydrogen-bond donors (Lipinski definition) is 0. The molecule has 1 aliphatic rings. The third-order valence-electron chi connectivity index (χ3n) is 3.74. The summed E-state index contributed by atoms with van der Waals surface area (Å²) in [6.07, 6.45) is 0.00632. The van der Waals surface area contributed by atoms with Crippen LogP contribution in [-0.4, -0.2) is 24.7 Å². The summed E-state index contributed by atoms with van der Waals surface area (Å²) in [6, 6.07) is 0. The Kier molecular flexibility index (Phi) is 3.34. The molecule has 1 aliphatic carbocycles. The summed E-state index contributed by atoms with van der Waals surface area (Å²) in [5.74, 6) is -1.01. The van der Waals surface area contributed by atoms with E-state index in [9.17, 15) is 13.2 Å². The van der Waals surface area contributed by atoms with Gasteiger partial charge in [-0.05, 0) is 36.6 Å². The Balaban J connectivity index is 1.78. The molecule has 0 bridgehead atoms. The molecule has 120 valence electrons. The molecule has 0 aromatic carbocycles. The molecule has 23 heavy (non-hydrogen) atoms. The monoisotopic (exact) mass is 357 g/mol. The van der Waals surface area contributed by atoms with Gasteiger partial charge in [-0.1, -0.05) is 0 Å². The van der Waals surface area contributed by atoms with E-state index in [1.807, 2.05) is 0 Å². The number of aromatic nitrogens is 5. The number of hydrogen-bond acceptors (Lipinski definition) is 6. The third-order valence-corrected chi connectivity index (χ3v) is 5.98. The van der Waals surface area contributed by atoms with Crippen LogP contribution in [0.25, 0.3) is 10.2 Å². The van der Waals surface area contributed by atoms with Crippen molar-refractivity contribution in [2.24, 2.45) is 7.05 Å². The van der Waals surface area contributed by atoms with Gasteiger partial charge in [0.1, 0.15) is 16.2 Å². The fraction of sp³-hybridized carbons (Fsp3) is 0.385. The number of aryl methyl sites for hydroxylation is 2. The first-order valence-corrected chi connectivity index (χ1v) is 8.48. The van der Waals surface area contributed by atoms with Crippen LogP contribution in [0.5, 0.6) is 0 Å². The van der Waals surface area contributed by atoms with E-state index in [2.05, 4.69) is 20.2 Å². The molecule has 5 nitrogen and oxygen atoms in total. The van der Waals surface area contributed by atoms with E-state index in [1.165, 1.54) is 23.8 Å². The molecule has 3 heterocycles. The van der Waals surface area contributed by atoms with Gasteiger partial charge in [0.25, 0.3) is 0 Å². The minimum atomic E-state index is -4.52. The highest BCUT2D eigenvalue weighted by Gasteiger charge is 2.37. The SMILES string of the molecule is Cn1c(Sc2ncnc3sc4c(c23)CCC4)nnc1C(F)(F)F. The van der Waals surface area contributed by atoms with Crippen LogP contribution in [0.3, 0.4) is 0 Å². The Morgan fingerprint density at radius 1 is 1.22 bits per heavy atom. The standard InChI is InChI=1S/C13H10F3N5S2/c1-21-11(13(14,15)16)19-20-12(21)23-10-8-6-3-2-4-7(6)22-9(8)17-5-18-10/h5H,2-4H2,1H3. The van der Waals surface area contributed by atoms with Gasteiger partial charge in [0, 0.05) is 17.3 Å². The van der Waals surface area contributed by atoms with Crippen molar-refractivity contribution in [3.63, 3.8) is 0 Å². The largest absolute Gasteiger partial charge is 0.451 e. The van der Waals surface area contributed by atoms with Crippen LogP contribution in [0.1, 0.15) is 22.7 Å². The molecule has 0 saturated carbocycles. The van der Waals surface area contributed by atoms with Crippen LogP contribution in [-0.2, 0) is 26.1 Å². The maximum atomic E-state index is 12.8. The van der Waals surface area contributed by atoms with Crippen molar-refractivity contribution in [1.82, 2.24) is 24.7 Å². The highest BCUT2D eigenvalue weighted by molar-refractivity contribution is 7.99. The second-order valence-electron chi connectivity index (χ2n) is 5.18. The summed E-state index contributed by atoms with van der Waals surface area (Å²) in [7, 11) is 1.31. The van der Waals surface area contributed by atoms with Gasteiger partial charge < -0.3 is 4.57 Å². The lowest BCUT2D eigenvalue weighted by molar-refractivity contribution is -0.147. The Morgan fingerprint density at radius 2 is 2.04 bits per heavy atom. The number of halogens is 3. The van der Waals surface area contributed by atoms with Crippen molar-refractivity contribution in [2.45, 2.75) is 35.6 Å². The number of nitrogens with zero attached hydrogens (tertiary/aromatic N) is 5. The molecule has 3 aromatic rings. The summed E-state index contributed by atoms with van der Waals surface area (Å²) >= 11 is 2.73. The molecule has 0 fully saturated rings.